The average molecular weight is 314 g/mol. The van der Waals surface area contributed by atoms with Crippen LogP contribution in [-0.2, 0) is 0 Å². The van der Waals surface area contributed by atoms with Gasteiger partial charge in [0, 0.05) is 16.1 Å². The molecule has 2 N–H and O–H groups in total. The van der Waals surface area contributed by atoms with E-state index < -0.39 is 0 Å². The molecule has 0 bridgehead atoms. The van der Waals surface area contributed by atoms with E-state index in [2.05, 4.69) is 22.9 Å². The predicted octanol–water partition coefficient (Wildman–Crippen LogP) is 4.82. The Bertz CT molecular complexity index is 352. The summed E-state index contributed by atoms with van der Waals surface area (Å²) in [5.41, 5.74) is 7.01. The van der Waals surface area contributed by atoms with Crippen LogP contribution in [0.5, 0.6) is 5.75 Å². The molecule has 0 aliphatic heterocycles. The van der Waals surface area contributed by atoms with E-state index in [1.807, 2.05) is 25.1 Å². The molecule has 0 aromatic heterocycles. The fourth-order valence-electron chi connectivity index (χ4n) is 1.90. The summed E-state index contributed by atoms with van der Waals surface area (Å²) in [4.78, 5) is 0. The van der Waals surface area contributed by atoms with E-state index in [9.17, 15) is 0 Å². The van der Waals surface area contributed by atoms with Crippen molar-refractivity contribution < 1.29 is 4.74 Å². The predicted molar refractivity (Wildman–Crippen MR) is 81.0 cm³/mol. The number of rotatable bonds is 8. The highest BCUT2D eigenvalue weighted by Gasteiger charge is 2.08. The first kappa shape index (κ1) is 15.5. The number of nitrogens with two attached hydrogens (primary N) is 1. The van der Waals surface area contributed by atoms with Crippen molar-refractivity contribution in [2.24, 2.45) is 5.73 Å². The van der Waals surface area contributed by atoms with Gasteiger partial charge in [-0.05, 0) is 25.5 Å². The molecular formula is C15H24BrNO. The highest BCUT2D eigenvalue weighted by molar-refractivity contribution is 9.10. The molecule has 0 radical (unpaired) electrons. The second kappa shape index (κ2) is 8.54. The fourth-order valence-corrected chi connectivity index (χ4v) is 2.24. The minimum Gasteiger partial charge on any atom is -0.493 e. The lowest BCUT2D eigenvalue weighted by Gasteiger charge is -2.14. The van der Waals surface area contributed by atoms with Crippen LogP contribution in [-0.4, -0.2) is 6.61 Å². The van der Waals surface area contributed by atoms with Gasteiger partial charge in [-0.1, -0.05) is 54.6 Å². The Morgan fingerprint density at radius 2 is 1.94 bits per heavy atom. The van der Waals surface area contributed by atoms with Crippen molar-refractivity contribution in [2.75, 3.05) is 6.61 Å². The summed E-state index contributed by atoms with van der Waals surface area (Å²) in [5, 5.41) is 0. The SMILES string of the molecule is CCCCCCCOc1cc(Br)ccc1[C@@H](C)N. The van der Waals surface area contributed by atoms with E-state index in [4.69, 9.17) is 10.5 Å². The summed E-state index contributed by atoms with van der Waals surface area (Å²) < 4.78 is 6.88. The summed E-state index contributed by atoms with van der Waals surface area (Å²) in [6.07, 6.45) is 6.27. The highest BCUT2D eigenvalue weighted by atomic mass is 79.9. The quantitative estimate of drug-likeness (QED) is 0.698. The van der Waals surface area contributed by atoms with E-state index in [0.29, 0.717) is 0 Å². The third kappa shape index (κ3) is 5.40. The second-order valence-electron chi connectivity index (χ2n) is 4.73. The summed E-state index contributed by atoms with van der Waals surface area (Å²) >= 11 is 3.47. The number of hydrogen-bond donors (Lipinski definition) is 1. The third-order valence-corrected chi connectivity index (χ3v) is 3.46. The topological polar surface area (TPSA) is 35.2 Å². The molecule has 0 spiro atoms. The van der Waals surface area contributed by atoms with Crippen LogP contribution in [0.4, 0.5) is 0 Å². The van der Waals surface area contributed by atoms with Gasteiger partial charge in [0.1, 0.15) is 5.75 Å². The zero-order chi connectivity index (χ0) is 13.4. The van der Waals surface area contributed by atoms with Crippen molar-refractivity contribution in [3.8, 4) is 5.75 Å². The van der Waals surface area contributed by atoms with Crippen molar-refractivity contribution >= 4 is 15.9 Å². The van der Waals surface area contributed by atoms with Gasteiger partial charge in [-0.15, -0.1) is 0 Å². The molecule has 2 nitrogen and oxygen atoms in total. The van der Waals surface area contributed by atoms with Gasteiger partial charge < -0.3 is 10.5 Å². The molecule has 102 valence electrons. The first-order valence-electron chi connectivity index (χ1n) is 6.83. The Hall–Kier alpha value is -0.540. The highest BCUT2D eigenvalue weighted by Crippen LogP contribution is 2.27. The molecule has 0 fully saturated rings. The number of hydrogen-bond acceptors (Lipinski definition) is 2. The molecule has 1 rings (SSSR count). The van der Waals surface area contributed by atoms with Gasteiger partial charge in [0.2, 0.25) is 0 Å². The van der Waals surface area contributed by atoms with Gasteiger partial charge in [0.15, 0.2) is 0 Å². The molecule has 0 saturated carbocycles. The summed E-state index contributed by atoms with van der Waals surface area (Å²) in [5.74, 6) is 0.912. The Balaban J connectivity index is 2.43. The van der Waals surface area contributed by atoms with E-state index >= 15 is 0 Å². The number of ether oxygens (including phenoxy) is 1. The third-order valence-electron chi connectivity index (χ3n) is 2.97. The molecule has 0 amide bonds. The molecule has 0 aliphatic carbocycles. The van der Waals surface area contributed by atoms with Gasteiger partial charge in [0.25, 0.3) is 0 Å². The Kier molecular flexibility index (Phi) is 7.36. The van der Waals surface area contributed by atoms with Crippen LogP contribution < -0.4 is 10.5 Å². The van der Waals surface area contributed by atoms with Crippen LogP contribution in [0.3, 0.4) is 0 Å². The second-order valence-corrected chi connectivity index (χ2v) is 5.65. The lowest BCUT2D eigenvalue weighted by atomic mass is 10.1. The van der Waals surface area contributed by atoms with Crippen molar-refractivity contribution in [1.29, 1.82) is 0 Å². The van der Waals surface area contributed by atoms with Crippen LogP contribution in [0.2, 0.25) is 0 Å². The van der Waals surface area contributed by atoms with E-state index in [-0.39, 0.29) is 6.04 Å². The first-order chi connectivity index (χ1) is 8.65. The van der Waals surface area contributed by atoms with Gasteiger partial charge in [0.05, 0.1) is 6.61 Å². The lowest BCUT2D eigenvalue weighted by molar-refractivity contribution is 0.300. The van der Waals surface area contributed by atoms with Crippen molar-refractivity contribution in [3.63, 3.8) is 0 Å². The van der Waals surface area contributed by atoms with Crippen LogP contribution >= 0.6 is 15.9 Å². The molecular weight excluding hydrogens is 290 g/mol. The molecule has 1 aromatic carbocycles. The fraction of sp³-hybridized carbons (Fsp3) is 0.600. The molecule has 0 heterocycles. The van der Waals surface area contributed by atoms with Gasteiger partial charge in [-0.25, -0.2) is 0 Å². The number of benzene rings is 1. The summed E-state index contributed by atoms with van der Waals surface area (Å²) in [7, 11) is 0. The Morgan fingerprint density at radius 1 is 1.22 bits per heavy atom. The molecule has 0 saturated heterocycles. The molecule has 0 unspecified atom stereocenters. The average Bonchev–Trinajstić information content (AvgIpc) is 2.33. The summed E-state index contributed by atoms with van der Waals surface area (Å²) in [6.45, 7) is 4.99. The monoisotopic (exact) mass is 313 g/mol. The lowest BCUT2D eigenvalue weighted by Crippen LogP contribution is -2.08. The Morgan fingerprint density at radius 3 is 2.61 bits per heavy atom. The first-order valence-corrected chi connectivity index (χ1v) is 7.62. The van der Waals surface area contributed by atoms with Gasteiger partial charge >= 0.3 is 0 Å². The van der Waals surface area contributed by atoms with Crippen molar-refractivity contribution in [2.45, 2.75) is 52.0 Å². The largest absolute Gasteiger partial charge is 0.493 e. The van der Waals surface area contributed by atoms with E-state index in [0.717, 1.165) is 28.8 Å². The molecule has 1 aromatic rings. The smallest absolute Gasteiger partial charge is 0.125 e. The molecule has 1 atom stereocenters. The van der Waals surface area contributed by atoms with Crippen LogP contribution in [0.25, 0.3) is 0 Å². The maximum atomic E-state index is 5.94. The zero-order valence-electron chi connectivity index (χ0n) is 11.4. The number of halogens is 1. The van der Waals surface area contributed by atoms with Gasteiger partial charge in [-0.2, -0.15) is 0 Å². The number of unbranched alkanes of at least 4 members (excludes halogenated alkanes) is 4. The van der Waals surface area contributed by atoms with E-state index in [1.54, 1.807) is 0 Å². The van der Waals surface area contributed by atoms with Crippen molar-refractivity contribution in [3.05, 3.63) is 28.2 Å². The van der Waals surface area contributed by atoms with E-state index in [1.165, 1.54) is 25.7 Å². The van der Waals surface area contributed by atoms with Gasteiger partial charge in [-0.3, -0.25) is 0 Å². The molecule has 0 aliphatic rings. The van der Waals surface area contributed by atoms with Crippen LogP contribution in [0, 0.1) is 0 Å². The van der Waals surface area contributed by atoms with Crippen molar-refractivity contribution in [1.82, 2.24) is 0 Å². The standard InChI is InChI=1S/C15H24BrNO/c1-3-4-5-6-7-10-18-15-11-13(16)8-9-14(15)12(2)17/h8-9,11-12H,3-7,10,17H2,1-2H3/t12-/m1/s1. The zero-order valence-corrected chi connectivity index (χ0v) is 13.0. The maximum Gasteiger partial charge on any atom is 0.125 e. The maximum absolute atomic E-state index is 5.94. The van der Waals surface area contributed by atoms with Crippen LogP contribution in [0.1, 0.15) is 57.6 Å². The molecule has 3 heteroatoms. The Labute approximate surface area is 119 Å². The molecule has 18 heavy (non-hydrogen) atoms. The normalized spacial score (nSPS) is 12.4. The summed E-state index contributed by atoms with van der Waals surface area (Å²) in [6, 6.07) is 6.05. The minimum atomic E-state index is 0.00758. The van der Waals surface area contributed by atoms with Crippen LogP contribution in [0.15, 0.2) is 22.7 Å². The minimum absolute atomic E-state index is 0.00758.